The van der Waals surface area contributed by atoms with Gasteiger partial charge in [-0.05, 0) is 11.8 Å². The van der Waals surface area contributed by atoms with Crippen molar-refractivity contribution in [2.75, 3.05) is 6.61 Å². The molecule has 2 heteroatoms. The molecule has 0 amide bonds. The van der Waals surface area contributed by atoms with Crippen LogP contribution in [0.2, 0.25) is 0 Å². The third kappa shape index (κ3) is 2.08. The molecule has 0 fully saturated rings. The van der Waals surface area contributed by atoms with Gasteiger partial charge in [-0.2, -0.15) is 0 Å². The number of fused-ring (bicyclic) bond motifs is 3. The lowest BCUT2D eigenvalue weighted by Gasteiger charge is -2.12. The standard InChI is InChI=1S/C16H18O2/c1-2-3-10-17-15-11-13-9-8-12-6-4-5-7-14(12)16(13)18-15/h4-9,15H,2-3,10-11H2,1H3. The maximum Gasteiger partial charge on any atom is 0.204 e. The minimum atomic E-state index is -0.0997. The summed E-state index contributed by atoms with van der Waals surface area (Å²) in [6.07, 6.45) is 3.01. The van der Waals surface area contributed by atoms with E-state index in [1.54, 1.807) is 0 Å². The second-order valence-electron chi connectivity index (χ2n) is 4.75. The molecule has 0 bridgehead atoms. The lowest BCUT2D eigenvalue weighted by molar-refractivity contribution is -0.0658. The average Bonchev–Trinajstić information content (AvgIpc) is 2.82. The zero-order valence-electron chi connectivity index (χ0n) is 10.7. The number of rotatable bonds is 4. The van der Waals surface area contributed by atoms with Crippen molar-refractivity contribution in [2.24, 2.45) is 0 Å². The summed E-state index contributed by atoms with van der Waals surface area (Å²) >= 11 is 0. The van der Waals surface area contributed by atoms with E-state index in [0.717, 1.165) is 31.6 Å². The smallest absolute Gasteiger partial charge is 0.204 e. The molecule has 0 aromatic heterocycles. The van der Waals surface area contributed by atoms with Gasteiger partial charge in [0.2, 0.25) is 6.29 Å². The van der Waals surface area contributed by atoms with Crippen LogP contribution in [-0.4, -0.2) is 12.9 Å². The van der Waals surface area contributed by atoms with Crippen LogP contribution in [-0.2, 0) is 11.2 Å². The van der Waals surface area contributed by atoms with Crippen LogP contribution in [0.1, 0.15) is 25.3 Å². The monoisotopic (exact) mass is 242 g/mol. The fourth-order valence-electron chi connectivity index (χ4n) is 2.39. The summed E-state index contributed by atoms with van der Waals surface area (Å²) < 4.78 is 11.7. The predicted molar refractivity (Wildman–Crippen MR) is 72.9 cm³/mol. The zero-order valence-corrected chi connectivity index (χ0v) is 10.7. The molecule has 0 radical (unpaired) electrons. The molecule has 1 unspecified atom stereocenters. The van der Waals surface area contributed by atoms with Gasteiger partial charge in [0.25, 0.3) is 0 Å². The van der Waals surface area contributed by atoms with Crippen molar-refractivity contribution in [2.45, 2.75) is 32.5 Å². The Bertz CT molecular complexity index is 548. The van der Waals surface area contributed by atoms with Crippen molar-refractivity contribution in [1.29, 1.82) is 0 Å². The quantitative estimate of drug-likeness (QED) is 0.757. The zero-order chi connectivity index (χ0) is 12.4. The third-order valence-corrected chi connectivity index (χ3v) is 3.40. The van der Waals surface area contributed by atoms with E-state index in [9.17, 15) is 0 Å². The van der Waals surface area contributed by atoms with Crippen molar-refractivity contribution < 1.29 is 9.47 Å². The van der Waals surface area contributed by atoms with E-state index in [2.05, 4.69) is 43.3 Å². The topological polar surface area (TPSA) is 18.5 Å². The van der Waals surface area contributed by atoms with Crippen LogP contribution in [0.15, 0.2) is 36.4 Å². The molecular weight excluding hydrogens is 224 g/mol. The highest BCUT2D eigenvalue weighted by atomic mass is 16.7. The molecule has 0 spiro atoms. The molecule has 0 N–H and O–H groups in total. The molecule has 2 aromatic rings. The van der Waals surface area contributed by atoms with E-state index in [0.29, 0.717) is 0 Å². The van der Waals surface area contributed by atoms with E-state index in [1.807, 2.05) is 0 Å². The minimum absolute atomic E-state index is 0.0997. The lowest BCUT2D eigenvalue weighted by atomic mass is 10.1. The van der Waals surface area contributed by atoms with E-state index < -0.39 is 0 Å². The van der Waals surface area contributed by atoms with Gasteiger partial charge in [0.1, 0.15) is 5.75 Å². The normalized spacial score (nSPS) is 17.7. The summed E-state index contributed by atoms with van der Waals surface area (Å²) in [6.45, 7) is 2.95. The number of unbranched alkanes of at least 4 members (excludes halogenated alkanes) is 1. The molecule has 0 aliphatic carbocycles. The fraction of sp³-hybridized carbons (Fsp3) is 0.375. The number of hydrogen-bond donors (Lipinski definition) is 0. The van der Waals surface area contributed by atoms with E-state index in [-0.39, 0.29) is 6.29 Å². The molecule has 2 nitrogen and oxygen atoms in total. The Morgan fingerprint density at radius 3 is 3.00 bits per heavy atom. The molecular formula is C16H18O2. The summed E-state index contributed by atoms with van der Waals surface area (Å²) in [5.74, 6) is 1.01. The molecule has 0 saturated heterocycles. The first-order valence-electron chi connectivity index (χ1n) is 6.67. The first kappa shape index (κ1) is 11.5. The SMILES string of the molecule is CCCCOC1Cc2ccc3ccccc3c2O1. The maximum atomic E-state index is 5.94. The van der Waals surface area contributed by atoms with Gasteiger partial charge >= 0.3 is 0 Å². The van der Waals surface area contributed by atoms with Gasteiger partial charge in [0.15, 0.2) is 0 Å². The van der Waals surface area contributed by atoms with Gasteiger partial charge in [-0.1, -0.05) is 49.7 Å². The van der Waals surface area contributed by atoms with E-state index >= 15 is 0 Å². The molecule has 2 aromatic carbocycles. The summed E-state index contributed by atoms with van der Waals surface area (Å²) in [5.41, 5.74) is 1.26. The number of benzene rings is 2. The molecule has 0 saturated carbocycles. The first-order valence-corrected chi connectivity index (χ1v) is 6.67. The number of hydrogen-bond acceptors (Lipinski definition) is 2. The largest absolute Gasteiger partial charge is 0.464 e. The summed E-state index contributed by atoms with van der Waals surface area (Å²) in [4.78, 5) is 0. The van der Waals surface area contributed by atoms with Crippen molar-refractivity contribution >= 4 is 10.8 Å². The van der Waals surface area contributed by atoms with E-state index in [4.69, 9.17) is 9.47 Å². The lowest BCUT2D eigenvalue weighted by Crippen LogP contribution is -2.18. The Morgan fingerprint density at radius 1 is 1.22 bits per heavy atom. The van der Waals surface area contributed by atoms with Crippen molar-refractivity contribution in [3.05, 3.63) is 42.0 Å². The molecule has 94 valence electrons. The van der Waals surface area contributed by atoms with Gasteiger partial charge < -0.3 is 9.47 Å². The van der Waals surface area contributed by atoms with Crippen LogP contribution in [0.25, 0.3) is 10.8 Å². The summed E-state index contributed by atoms with van der Waals surface area (Å²) in [5, 5.41) is 2.42. The Labute approximate surface area is 108 Å². The predicted octanol–water partition coefficient (Wildman–Crippen LogP) is 3.92. The molecule has 18 heavy (non-hydrogen) atoms. The van der Waals surface area contributed by atoms with Crippen LogP contribution in [0, 0.1) is 0 Å². The van der Waals surface area contributed by atoms with Gasteiger partial charge in [-0.3, -0.25) is 0 Å². The first-order chi connectivity index (χ1) is 8.88. The highest BCUT2D eigenvalue weighted by Crippen LogP contribution is 2.36. The number of ether oxygens (including phenoxy) is 2. The minimum Gasteiger partial charge on any atom is -0.464 e. The molecule has 1 aliphatic heterocycles. The molecule has 1 heterocycles. The fourth-order valence-corrected chi connectivity index (χ4v) is 2.39. The van der Waals surface area contributed by atoms with Gasteiger partial charge in [-0.25, -0.2) is 0 Å². The van der Waals surface area contributed by atoms with Crippen LogP contribution >= 0.6 is 0 Å². The highest BCUT2D eigenvalue weighted by Gasteiger charge is 2.24. The molecule has 3 rings (SSSR count). The Kier molecular flexibility index (Phi) is 3.20. The van der Waals surface area contributed by atoms with Gasteiger partial charge in [0, 0.05) is 17.4 Å². The van der Waals surface area contributed by atoms with E-state index in [1.165, 1.54) is 16.3 Å². The average molecular weight is 242 g/mol. The second-order valence-corrected chi connectivity index (χ2v) is 4.75. The van der Waals surface area contributed by atoms with Crippen LogP contribution in [0.5, 0.6) is 5.75 Å². The third-order valence-electron chi connectivity index (χ3n) is 3.40. The second kappa shape index (κ2) is 4.99. The maximum absolute atomic E-state index is 5.94. The Balaban J connectivity index is 1.82. The molecule has 1 atom stereocenters. The summed E-state index contributed by atoms with van der Waals surface area (Å²) in [7, 11) is 0. The van der Waals surface area contributed by atoms with Gasteiger partial charge in [-0.15, -0.1) is 0 Å². The molecule has 1 aliphatic rings. The van der Waals surface area contributed by atoms with Crippen molar-refractivity contribution in [3.63, 3.8) is 0 Å². The van der Waals surface area contributed by atoms with Crippen molar-refractivity contribution in [3.8, 4) is 5.75 Å². The van der Waals surface area contributed by atoms with Crippen LogP contribution in [0.3, 0.4) is 0 Å². The Hall–Kier alpha value is -1.54. The van der Waals surface area contributed by atoms with Crippen LogP contribution < -0.4 is 4.74 Å². The Morgan fingerprint density at radius 2 is 2.11 bits per heavy atom. The summed E-state index contributed by atoms with van der Waals surface area (Å²) in [6, 6.07) is 12.6. The van der Waals surface area contributed by atoms with Gasteiger partial charge in [0.05, 0.1) is 6.61 Å². The van der Waals surface area contributed by atoms with Crippen LogP contribution in [0.4, 0.5) is 0 Å². The van der Waals surface area contributed by atoms with Crippen molar-refractivity contribution in [1.82, 2.24) is 0 Å². The highest BCUT2D eigenvalue weighted by molar-refractivity contribution is 5.90.